The van der Waals surface area contributed by atoms with Gasteiger partial charge in [0.2, 0.25) is 0 Å². The van der Waals surface area contributed by atoms with Crippen LogP contribution in [0, 0.1) is 0 Å². The lowest BCUT2D eigenvalue weighted by Gasteiger charge is -2.34. The third-order valence-corrected chi connectivity index (χ3v) is 8.64. The summed E-state index contributed by atoms with van der Waals surface area (Å²) in [6.45, 7) is 0. The fraction of sp³-hybridized carbons (Fsp3) is 0.333. The van der Waals surface area contributed by atoms with Crippen molar-refractivity contribution >= 4 is 0 Å². The maximum Gasteiger partial charge on any atom is 0.161 e. The van der Waals surface area contributed by atoms with Crippen LogP contribution < -0.4 is 42.6 Å². The van der Waals surface area contributed by atoms with Crippen LogP contribution in [0.1, 0.15) is 45.9 Å². The van der Waals surface area contributed by atoms with Gasteiger partial charge in [0.1, 0.15) is 41.0 Å². The van der Waals surface area contributed by atoms with Crippen molar-refractivity contribution in [1.29, 1.82) is 0 Å². The van der Waals surface area contributed by atoms with E-state index in [0.717, 1.165) is 27.8 Å². The summed E-state index contributed by atoms with van der Waals surface area (Å²) in [6, 6.07) is 18.9. The monoisotopic (exact) mass is 630 g/mol. The van der Waals surface area contributed by atoms with Gasteiger partial charge in [-0.1, -0.05) is 12.1 Å². The van der Waals surface area contributed by atoms with Gasteiger partial charge in [0, 0.05) is 29.7 Å². The average Bonchev–Trinajstić information content (AvgIpc) is 3.49. The molecule has 0 bridgehead atoms. The summed E-state index contributed by atoms with van der Waals surface area (Å²) >= 11 is 0. The molecule has 0 amide bonds. The van der Waals surface area contributed by atoms with Gasteiger partial charge in [-0.2, -0.15) is 0 Å². The van der Waals surface area contributed by atoms with Gasteiger partial charge >= 0.3 is 0 Å². The summed E-state index contributed by atoms with van der Waals surface area (Å²) in [7, 11) is 11.2. The Morgan fingerprint density at radius 2 is 1.09 bits per heavy atom. The summed E-state index contributed by atoms with van der Waals surface area (Å²) in [5, 5.41) is 11.4. The van der Waals surface area contributed by atoms with Crippen molar-refractivity contribution in [3.05, 3.63) is 88.5 Å². The highest BCUT2D eigenvalue weighted by molar-refractivity contribution is 5.65. The minimum Gasteiger partial charge on any atom is -0.497 e. The first kappa shape index (κ1) is 31.0. The summed E-state index contributed by atoms with van der Waals surface area (Å²) in [5.74, 6) is 4.95. The Kier molecular flexibility index (Phi) is 8.64. The second-order valence-corrected chi connectivity index (χ2v) is 11.0. The van der Waals surface area contributed by atoms with Crippen LogP contribution in [0.25, 0.3) is 0 Å². The fourth-order valence-electron chi connectivity index (χ4n) is 6.41. The van der Waals surface area contributed by atoms with Gasteiger partial charge in [0.25, 0.3) is 0 Å². The van der Waals surface area contributed by atoms with Gasteiger partial charge < -0.3 is 47.7 Å². The number of hydrogen-bond acceptors (Lipinski definition) is 10. The van der Waals surface area contributed by atoms with Gasteiger partial charge in [-0.3, -0.25) is 0 Å². The van der Waals surface area contributed by atoms with E-state index in [1.807, 2.05) is 54.6 Å². The van der Waals surface area contributed by atoms with Crippen molar-refractivity contribution in [3.8, 4) is 51.7 Å². The molecule has 0 aromatic heterocycles. The van der Waals surface area contributed by atoms with Gasteiger partial charge in [-0.25, -0.2) is 0 Å². The molecule has 2 aliphatic rings. The van der Waals surface area contributed by atoms with Crippen molar-refractivity contribution < 1.29 is 47.7 Å². The molecular weight excluding hydrogens is 592 g/mol. The molecule has 46 heavy (non-hydrogen) atoms. The highest BCUT2D eigenvalue weighted by atomic mass is 16.5. The highest BCUT2D eigenvalue weighted by Crippen LogP contribution is 2.59. The molecule has 10 nitrogen and oxygen atoms in total. The third kappa shape index (κ3) is 5.32. The lowest BCUT2D eigenvalue weighted by molar-refractivity contribution is 0.0191. The standard InChI is InChI=1S/C36H38O10/c1-38-22-12-21(13-23(16-22)39-2)32-33-31(45-35(32)20-9-11-27(41-4)30(15-20)44-7)18-28(42-5)24-17-25(37)34(46-36(24)33)19-8-10-26(40-3)29(14-19)43-6/h8-16,18,25,32,34-35,37H,17H2,1-7H3/t25-,32+,34+,35-/m0/s1. The number of methoxy groups -OCH3 is 7. The maximum absolute atomic E-state index is 11.4. The molecule has 1 N–H and O–H groups in total. The SMILES string of the molecule is COc1cc(OC)cc([C@@H]2c3c(cc(OC)c4c3O[C@H](c3ccc(OC)c(OC)c3)[C@@H](O)C4)O[C@H]2c2ccc(OC)c(OC)c2)c1. The van der Waals surface area contributed by atoms with Crippen molar-refractivity contribution in [2.45, 2.75) is 30.7 Å². The van der Waals surface area contributed by atoms with E-state index >= 15 is 0 Å². The molecule has 0 fully saturated rings. The number of aliphatic hydroxyl groups excluding tert-OH is 1. The average molecular weight is 631 g/mol. The molecule has 0 spiro atoms. The van der Waals surface area contributed by atoms with Gasteiger partial charge in [0.15, 0.2) is 23.0 Å². The van der Waals surface area contributed by atoms with E-state index < -0.39 is 18.3 Å². The molecule has 242 valence electrons. The Bertz CT molecular complexity index is 1710. The fourth-order valence-corrected chi connectivity index (χ4v) is 6.41. The number of rotatable bonds is 10. The van der Waals surface area contributed by atoms with Gasteiger partial charge in [0.05, 0.1) is 61.8 Å². The molecule has 4 atom stereocenters. The second kappa shape index (κ2) is 12.8. The van der Waals surface area contributed by atoms with E-state index in [0.29, 0.717) is 58.2 Å². The zero-order valence-corrected chi connectivity index (χ0v) is 26.9. The van der Waals surface area contributed by atoms with Crippen LogP contribution in [0.4, 0.5) is 0 Å². The number of ether oxygens (including phenoxy) is 9. The zero-order valence-electron chi connectivity index (χ0n) is 26.9. The number of aliphatic hydroxyl groups is 1. The Morgan fingerprint density at radius 3 is 1.61 bits per heavy atom. The molecule has 2 heterocycles. The quantitative estimate of drug-likeness (QED) is 0.223. The lowest BCUT2D eigenvalue weighted by Crippen LogP contribution is -2.31. The smallest absolute Gasteiger partial charge is 0.161 e. The molecule has 10 heteroatoms. The van der Waals surface area contributed by atoms with Crippen molar-refractivity contribution in [2.75, 3.05) is 49.8 Å². The first-order chi connectivity index (χ1) is 22.4. The molecule has 0 aliphatic carbocycles. The van der Waals surface area contributed by atoms with E-state index in [1.165, 1.54) is 0 Å². The molecule has 6 rings (SSSR count). The van der Waals surface area contributed by atoms with E-state index in [9.17, 15) is 5.11 Å². The molecule has 4 aromatic rings. The Balaban J connectivity index is 1.55. The van der Waals surface area contributed by atoms with Gasteiger partial charge in [-0.05, 0) is 53.1 Å². The topological polar surface area (TPSA) is 103 Å². The Morgan fingerprint density at radius 1 is 0.543 bits per heavy atom. The van der Waals surface area contributed by atoms with E-state index in [4.69, 9.17) is 42.6 Å². The largest absolute Gasteiger partial charge is 0.497 e. The van der Waals surface area contributed by atoms with Crippen LogP contribution in [-0.4, -0.2) is 61.0 Å². The highest BCUT2D eigenvalue weighted by Gasteiger charge is 2.45. The van der Waals surface area contributed by atoms with E-state index in [-0.39, 0.29) is 5.92 Å². The third-order valence-electron chi connectivity index (χ3n) is 8.64. The van der Waals surface area contributed by atoms with Gasteiger partial charge in [-0.15, -0.1) is 0 Å². The minimum absolute atomic E-state index is 0.292. The summed E-state index contributed by atoms with van der Waals surface area (Å²) in [4.78, 5) is 0. The van der Waals surface area contributed by atoms with Crippen molar-refractivity contribution in [2.24, 2.45) is 0 Å². The molecular formula is C36H38O10. The molecule has 0 radical (unpaired) electrons. The first-order valence-corrected chi connectivity index (χ1v) is 14.8. The minimum atomic E-state index is -0.864. The Hall–Kier alpha value is -4.96. The number of fused-ring (bicyclic) bond motifs is 3. The summed E-state index contributed by atoms with van der Waals surface area (Å²) < 4.78 is 52.9. The predicted octanol–water partition coefficient (Wildman–Crippen LogP) is 6.05. The number of benzene rings is 4. The zero-order chi connectivity index (χ0) is 32.5. The van der Waals surface area contributed by atoms with E-state index in [2.05, 4.69) is 0 Å². The lowest BCUT2D eigenvalue weighted by atomic mass is 9.82. The van der Waals surface area contributed by atoms with E-state index in [1.54, 1.807) is 55.8 Å². The maximum atomic E-state index is 11.4. The second-order valence-electron chi connectivity index (χ2n) is 11.0. The molecule has 2 aliphatic heterocycles. The predicted molar refractivity (Wildman–Crippen MR) is 170 cm³/mol. The summed E-state index contributed by atoms with van der Waals surface area (Å²) in [5.41, 5.74) is 4.06. The van der Waals surface area contributed by atoms with Crippen LogP contribution in [0.5, 0.6) is 51.7 Å². The first-order valence-electron chi connectivity index (χ1n) is 14.8. The van der Waals surface area contributed by atoms with Crippen molar-refractivity contribution in [1.82, 2.24) is 0 Å². The Labute approximate surface area is 268 Å². The van der Waals surface area contributed by atoms with Crippen LogP contribution in [0.15, 0.2) is 60.7 Å². The van der Waals surface area contributed by atoms with Crippen LogP contribution >= 0.6 is 0 Å². The van der Waals surface area contributed by atoms with Crippen LogP contribution in [0.3, 0.4) is 0 Å². The molecule has 0 unspecified atom stereocenters. The molecule has 0 saturated carbocycles. The number of hydrogen-bond donors (Lipinski definition) is 1. The normalized spacial score (nSPS) is 19.6. The molecule has 0 saturated heterocycles. The van der Waals surface area contributed by atoms with Crippen LogP contribution in [0.2, 0.25) is 0 Å². The summed E-state index contributed by atoms with van der Waals surface area (Å²) in [6.07, 6.45) is -1.78. The van der Waals surface area contributed by atoms with Crippen molar-refractivity contribution in [3.63, 3.8) is 0 Å². The molecule has 4 aromatic carbocycles. The van der Waals surface area contributed by atoms with Crippen LogP contribution in [-0.2, 0) is 6.42 Å².